The van der Waals surface area contributed by atoms with E-state index in [4.69, 9.17) is 5.73 Å². The summed E-state index contributed by atoms with van der Waals surface area (Å²) in [5, 5.41) is 2.93. The molecular formula is C11H13N3O. The van der Waals surface area contributed by atoms with E-state index < -0.39 is 0 Å². The highest BCUT2D eigenvalue weighted by Gasteiger charge is 2.05. The number of hydrogen-bond acceptors (Lipinski definition) is 2. The van der Waals surface area contributed by atoms with Crippen LogP contribution in [0.4, 0.5) is 0 Å². The highest BCUT2D eigenvalue weighted by atomic mass is 16.1. The highest BCUT2D eigenvalue weighted by molar-refractivity contribution is 5.81. The fraction of sp³-hybridized carbons (Fsp3) is 0.182. The minimum atomic E-state index is -0.338. The van der Waals surface area contributed by atoms with Crippen molar-refractivity contribution in [1.29, 1.82) is 0 Å². The molecule has 2 rings (SSSR count). The molecule has 0 spiro atoms. The van der Waals surface area contributed by atoms with Gasteiger partial charge in [-0.3, -0.25) is 9.47 Å². The number of para-hydroxylation sites is 1. The fourth-order valence-electron chi connectivity index (χ4n) is 1.67. The molecule has 1 aromatic heterocycles. The molecule has 0 aliphatic rings. The number of benzene rings is 1. The molecule has 0 saturated carbocycles. The van der Waals surface area contributed by atoms with Crippen molar-refractivity contribution in [3.8, 4) is 0 Å². The summed E-state index contributed by atoms with van der Waals surface area (Å²) in [7, 11) is 1.83. The van der Waals surface area contributed by atoms with Crippen molar-refractivity contribution in [2.75, 3.05) is 18.6 Å². The van der Waals surface area contributed by atoms with Crippen LogP contribution in [0.1, 0.15) is 0 Å². The molecule has 4 heteroatoms. The number of carbonyl (C=O) groups excluding carboxylic acids is 1. The first-order chi connectivity index (χ1) is 7.18. The van der Waals surface area contributed by atoms with Crippen molar-refractivity contribution >= 4 is 16.8 Å². The number of carbonyl (C=O) groups is 1. The predicted molar refractivity (Wildman–Crippen MR) is 60.1 cm³/mol. The summed E-state index contributed by atoms with van der Waals surface area (Å²) in [5.41, 5.74) is 6.22. The maximum Gasteiger partial charge on any atom is 0.238 e. The zero-order valence-corrected chi connectivity index (χ0v) is 8.55. The van der Waals surface area contributed by atoms with Crippen LogP contribution in [0.3, 0.4) is 0 Å². The fourth-order valence-corrected chi connectivity index (χ4v) is 1.67. The van der Waals surface area contributed by atoms with Gasteiger partial charge < -0.3 is 10.7 Å². The van der Waals surface area contributed by atoms with Gasteiger partial charge in [0.2, 0.25) is 5.91 Å². The second-order valence-corrected chi connectivity index (χ2v) is 3.50. The lowest BCUT2D eigenvalue weighted by Crippen LogP contribution is -2.37. The zero-order valence-electron chi connectivity index (χ0n) is 8.55. The van der Waals surface area contributed by atoms with Gasteiger partial charge >= 0.3 is 0 Å². The molecule has 1 amide bonds. The van der Waals surface area contributed by atoms with E-state index in [0.29, 0.717) is 0 Å². The van der Waals surface area contributed by atoms with Crippen molar-refractivity contribution in [2.24, 2.45) is 5.73 Å². The number of hydrogen-bond donors (Lipinski definition) is 1. The van der Waals surface area contributed by atoms with Crippen LogP contribution in [0.25, 0.3) is 10.9 Å². The lowest BCUT2D eigenvalue weighted by Gasteiger charge is -2.19. The Hall–Kier alpha value is -1.97. The molecule has 0 unspecified atom stereocenters. The molecule has 0 fully saturated rings. The maximum absolute atomic E-state index is 10.8. The highest BCUT2D eigenvalue weighted by Crippen LogP contribution is 2.14. The lowest BCUT2D eigenvalue weighted by molar-refractivity contribution is -0.116. The third-order valence-electron chi connectivity index (χ3n) is 2.33. The van der Waals surface area contributed by atoms with Gasteiger partial charge in [0.15, 0.2) is 0 Å². The normalized spacial score (nSPS) is 10.5. The number of rotatable bonds is 3. The third-order valence-corrected chi connectivity index (χ3v) is 2.33. The summed E-state index contributed by atoms with van der Waals surface area (Å²) in [4.78, 5) is 10.8. The zero-order chi connectivity index (χ0) is 10.8. The Labute approximate surface area is 87.9 Å². The van der Waals surface area contributed by atoms with Gasteiger partial charge in [-0.25, -0.2) is 0 Å². The van der Waals surface area contributed by atoms with Gasteiger partial charge in [0, 0.05) is 18.6 Å². The van der Waals surface area contributed by atoms with Crippen LogP contribution in [-0.2, 0) is 4.79 Å². The third kappa shape index (κ3) is 1.79. The van der Waals surface area contributed by atoms with E-state index in [-0.39, 0.29) is 12.5 Å². The Kier molecular flexibility index (Phi) is 2.33. The number of nitrogens with two attached hydrogens (primary N) is 1. The van der Waals surface area contributed by atoms with Crippen molar-refractivity contribution in [2.45, 2.75) is 0 Å². The number of primary amides is 1. The number of fused-ring (bicyclic) bond motifs is 1. The topological polar surface area (TPSA) is 51.3 Å². The summed E-state index contributed by atoms with van der Waals surface area (Å²) in [5.74, 6) is -0.338. The Morgan fingerprint density at radius 1 is 1.40 bits per heavy atom. The van der Waals surface area contributed by atoms with Gasteiger partial charge in [0.25, 0.3) is 0 Å². The van der Waals surface area contributed by atoms with E-state index in [1.54, 1.807) is 5.01 Å². The summed E-state index contributed by atoms with van der Waals surface area (Å²) < 4.78 is 1.92. The first kappa shape index (κ1) is 9.58. The Bertz CT molecular complexity index is 489. The Balaban J connectivity index is 2.39. The number of likely N-dealkylation sites (N-methyl/N-ethyl adjacent to an activating group) is 1. The standard InChI is InChI=1S/C11H13N3O/c1-13(8-11(12)15)14-7-6-9-4-2-3-5-10(9)14/h2-7H,8H2,1H3,(H2,12,15). The van der Waals surface area contributed by atoms with E-state index in [9.17, 15) is 4.79 Å². The molecule has 0 aliphatic heterocycles. The molecule has 2 aromatic rings. The molecule has 4 nitrogen and oxygen atoms in total. The van der Waals surface area contributed by atoms with E-state index >= 15 is 0 Å². The number of nitrogens with zero attached hydrogens (tertiary/aromatic N) is 2. The minimum Gasteiger partial charge on any atom is -0.368 e. The van der Waals surface area contributed by atoms with Crippen molar-refractivity contribution in [3.05, 3.63) is 36.5 Å². The molecule has 0 saturated heterocycles. The monoisotopic (exact) mass is 203 g/mol. The van der Waals surface area contributed by atoms with Crippen molar-refractivity contribution in [3.63, 3.8) is 0 Å². The second-order valence-electron chi connectivity index (χ2n) is 3.50. The van der Waals surface area contributed by atoms with Gasteiger partial charge in [0.05, 0.1) is 5.52 Å². The maximum atomic E-state index is 10.8. The molecule has 78 valence electrons. The van der Waals surface area contributed by atoms with Crippen LogP contribution in [0.2, 0.25) is 0 Å². The summed E-state index contributed by atoms with van der Waals surface area (Å²) in [6.45, 7) is 0.207. The Morgan fingerprint density at radius 3 is 2.87 bits per heavy atom. The summed E-state index contributed by atoms with van der Waals surface area (Å²) in [6.07, 6.45) is 1.92. The van der Waals surface area contributed by atoms with Crippen LogP contribution in [0.5, 0.6) is 0 Å². The average molecular weight is 203 g/mol. The predicted octanol–water partition coefficient (Wildman–Crippen LogP) is 0.694. The van der Waals surface area contributed by atoms with Gasteiger partial charge in [-0.15, -0.1) is 0 Å². The van der Waals surface area contributed by atoms with Gasteiger partial charge in [0.1, 0.15) is 6.54 Å². The molecule has 2 N–H and O–H groups in total. The molecule has 0 bridgehead atoms. The molecule has 0 aliphatic carbocycles. The molecule has 0 radical (unpaired) electrons. The van der Waals surface area contributed by atoms with Crippen molar-refractivity contribution < 1.29 is 4.79 Å². The second kappa shape index (κ2) is 3.65. The first-order valence-electron chi connectivity index (χ1n) is 4.74. The molecule has 15 heavy (non-hydrogen) atoms. The average Bonchev–Trinajstić information content (AvgIpc) is 2.59. The van der Waals surface area contributed by atoms with Crippen LogP contribution < -0.4 is 10.7 Å². The van der Waals surface area contributed by atoms with Crippen LogP contribution in [0, 0.1) is 0 Å². The smallest absolute Gasteiger partial charge is 0.238 e. The SMILES string of the molecule is CN(CC(N)=O)n1ccc2ccccc21. The van der Waals surface area contributed by atoms with E-state index in [2.05, 4.69) is 0 Å². The van der Waals surface area contributed by atoms with E-state index in [1.807, 2.05) is 48.3 Å². The summed E-state index contributed by atoms with van der Waals surface area (Å²) in [6, 6.07) is 10.0. The van der Waals surface area contributed by atoms with Crippen molar-refractivity contribution in [1.82, 2.24) is 4.68 Å². The van der Waals surface area contributed by atoms with Crippen LogP contribution in [-0.4, -0.2) is 24.2 Å². The Morgan fingerprint density at radius 2 is 2.13 bits per heavy atom. The van der Waals surface area contributed by atoms with Crippen LogP contribution in [0.15, 0.2) is 36.5 Å². The quantitative estimate of drug-likeness (QED) is 0.798. The number of amides is 1. The van der Waals surface area contributed by atoms with Gasteiger partial charge in [-0.1, -0.05) is 18.2 Å². The lowest BCUT2D eigenvalue weighted by atomic mass is 10.3. The molecule has 1 heterocycles. The number of aromatic nitrogens is 1. The molecular weight excluding hydrogens is 190 g/mol. The largest absolute Gasteiger partial charge is 0.368 e. The molecule has 1 aromatic carbocycles. The van der Waals surface area contributed by atoms with Crippen LogP contribution >= 0.6 is 0 Å². The van der Waals surface area contributed by atoms with Gasteiger partial charge in [-0.05, 0) is 12.1 Å². The molecule has 0 atom stereocenters. The minimum absolute atomic E-state index is 0.207. The van der Waals surface area contributed by atoms with E-state index in [1.165, 1.54) is 0 Å². The summed E-state index contributed by atoms with van der Waals surface area (Å²) >= 11 is 0. The van der Waals surface area contributed by atoms with Gasteiger partial charge in [-0.2, -0.15) is 0 Å². The van der Waals surface area contributed by atoms with E-state index in [0.717, 1.165) is 10.9 Å². The first-order valence-corrected chi connectivity index (χ1v) is 4.74.